The molecule has 3 aromatic carbocycles. The minimum atomic E-state index is 0.254. The third-order valence-corrected chi connectivity index (χ3v) is 5.17. The van der Waals surface area contributed by atoms with Gasteiger partial charge in [0.2, 0.25) is 0 Å². The molecule has 0 amide bonds. The van der Waals surface area contributed by atoms with Crippen LogP contribution in [-0.4, -0.2) is 20.1 Å². The molecule has 0 aliphatic heterocycles. The lowest BCUT2D eigenvalue weighted by molar-refractivity contribution is 0.469. The number of aromatic hydroxyl groups is 1. The van der Waals surface area contributed by atoms with Crippen LogP contribution < -0.4 is 5.32 Å². The number of para-hydroxylation sites is 1. The minimum absolute atomic E-state index is 0.254. The highest BCUT2D eigenvalue weighted by atomic mass is 16.3. The van der Waals surface area contributed by atoms with E-state index in [9.17, 15) is 5.11 Å². The number of aromatic nitrogens is 3. The number of fused-ring (bicyclic) bond motifs is 1. The van der Waals surface area contributed by atoms with E-state index in [0.717, 1.165) is 33.2 Å². The lowest BCUT2D eigenvalue weighted by Crippen LogP contribution is -2.05. The summed E-state index contributed by atoms with van der Waals surface area (Å²) >= 11 is 0. The highest BCUT2D eigenvalue weighted by Crippen LogP contribution is 2.34. The molecule has 0 aliphatic rings. The smallest absolute Gasteiger partial charge is 0.163 e. The van der Waals surface area contributed by atoms with Gasteiger partial charge in [0.05, 0.1) is 10.9 Å². The monoisotopic (exact) mass is 404 g/mol. The van der Waals surface area contributed by atoms with Crippen LogP contribution in [0.15, 0.2) is 97.3 Å². The second kappa shape index (κ2) is 8.24. The van der Waals surface area contributed by atoms with E-state index in [2.05, 4.69) is 28.5 Å². The molecule has 2 aromatic heterocycles. The number of benzene rings is 3. The summed E-state index contributed by atoms with van der Waals surface area (Å²) in [4.78, 5) is 13.9. The maximum atomic E-state index is 10.2. The molecule has 5 nitrogen and oxygen atoms in total. The van der Waals surface area contributed by atoms with Crippen LogP contribution in [0, 0.1) is 0 Å². The van der Waals surface area contributed by atoms with Gasteiger partial charge in [-0.15, -0.1) is 0 Å². The van der Waals surface area contributed by atoms with Crippen molar-refractivity contribution in [2.45, 2.75) is 6.54 Å². The minimum Gasteiger partial charge on any atom is -0.508 e. The van der Waals surface area contributed by atoms with Gasteiger partial charge in [-0.2, -0.15) is 0 Å². The van der Waals surface area contributed by atoms with Crippen molar-refractivity contribution in [3.8, 4) is 28.3 Å². The molecule has 0 saturated carbocycles. The standard InChI is InChI=1S/C26H20N4O/c31-23-14-5-4-10-19(23)17-28-26-24-21(18-8-2-1-3-9-18)12-6-13-22(24)29-25(30-26)20-11-7-15-27-16-20/h1-16,31H,17H2,(H,28,29,30). The number of pyridine rings is 1. The van der Waals surface area contributed by atoms with Gasteiger partial charge in [-0.1, -0.05) is 60.7 Å². The van der Waals surface area contributed by atoms with Gasteiger partial charge in [-0.05, 0) is 35.4 Å². The summed E-state index contributed by atoms with van der Waals surface area (Å²) in [5, 5.41) is 14.6. The molecule has 2 N–H and O–H groups in total. The summed E-state index contributed by atoms with van der Waals surface area (Å²) in [7, 11) is 0. The highest BCUT2D eigenvalue weighted by molar-refractivity contribution is 6.02. The molecule has 31 heavy (non-hydrogen) atoms. The van der Waals surface area contributed by atoms with E-state index in [1.165, 1.54) is 0 Å². The molecule has 150 valence electrons. The number of rotatable bonds is 5. The van der Waals surface area contributed by atoms with Crippen molar-refractivity contribution in [3.63, 3.8) is 0 Å². The lowest BCUT2D eigenvalue weighted by atomic mass is 10.0. The van der Waals surface area contributed by atoms with Crippen LogP contribution in [0.25, 0.3) is 33.4 Å². The maximum Gasteiger partial charge on any atom is 0.163 e. The Kier molecular flexibility index (Phi) is 4.99. The fourth-order valence-electron chi connectivity index (χ4n) is 3.63. The number of nitrogens with one attached hydrogen (secondary N) is 1. The number of anilines is 1. The second-order valence-electron chi connectivity index (χ2n) is 7.19. The molecule has 0 fully saturated rings. The van der Waals surface area contributed by atoms with Crippen LogP contribution in [0.3, 0.4) is 0 Å². The summed E-state index contributed by atoms with van der Waals surface area (Å²) in [6, 6.07) is 27.4. The summed E-state index contributed by atoms with van der Waals surface area (Å²) in [5.74, 6) is 1.57. The number of nitrogens with zero attached hydrogens (tertiary/aromatic N) is 3. The predicted molar refractivity (Wildman–Crippen MR) is 124 cm³/mol. The van der Waals surface area contributed by atoms with E-state index in [4.69, 9.17) is 9.97 Å². The molecule has 0 spiro atoms. The van der Waals surface area contributed by atoms with Gasteiger partial charge in [-0.25, -0.2) is 9.97 Å². The van der Waals surface area contributed by atoms with Crippen molar-refractivity contribution in [2.75, 3.05) is 5.32 Å². The largest absolute Gasteiger partial charge is 0.508 e. The van der Waals surface area contributed by atoms with Gasteiger partial charge in [0.15, 0.2) is 5.82 Å². The Morgan fingerprint density at radius 2 is 1.55 bits per heavy atom. The van der Waals surface area contributed by atoms with Crippen molar-refractivity contribution in [1.82, 2.24) is 15.0 Å². The predicted octanol–water partition coefficient (Wildman–Crippen LogP) is 5.68. The zero-order valence-corrected chi connectivity index (χ0v) is 16.7. The molecule has 0 unspecified atom stereocenters. The quantitative estimate of drug-likeness (QED) is 0.395. The van der Waals surface area contributed by atoms with Crippen LogP contribution >= 0.6 is 0 Å². The van der Waals surface area contributed by atoms with Crippen LogP contribution in [0.5, 0.6) is 5.75 Å². The molecule has 0 radical (unpaired) electrons. The van der Waals surface area contributed by atoms with Crippen molar-refractivity contribution < 1.29 is 5.11 Å². The molecule has 5 aromatic rings. The van der Waals surface area contributed by atoms with Gasteiger partial charge in [-0.3, -0.25) is 4.98 Å². The summed E-state index contributed by atoms with van der Waals surface area (Å²) in [5.41, 5.74) is 4.64. The number of hydrogen-bond acceptors (Lipinski definition) is 5. The SMILES string of the molecule is Oc1ccccc1CNc1nc(-c2cccnc2)nc2cccc(-c3ccccc3)c12. The Bertz CT molecular complexity index is 1340. The summed E-state index contributed by atoms with van der Waals surface area (Å²) < 4.78 is 0. The fraction of sp³-hybridized carbons (Fsp3) is 0.0385. The van der Waals surface area contributed by atoms with Gasteiger partial charge >= 0.3 is 0 Å². The third-order valence-electron chi connectivity index (χ3n) is 5.17. The van der Waals surface area contributed by atoms with Crippen LogP contribution in [0.4, 0.5) is 5.82 Å². The molecular formula is C26H20N4O. The molecular weight excluding hydrogens is 384 g/mol. The first-order valence-electron chi connectivity index (χ1n) is 10.1. The Morgan fingerprint density at radius 1 is 0.742 bits per heavy atom. The van der Waals surface area contributed by atoms with E-state index in [1.54, 1.807) is 18.5 Å². The third kappa shape index (κ3) is 3.81. The number of phenolic OH excluding ortho intramolecular Hbond substituents is 1. The topological polar surface area (TPSA) is 70.9 Å². The van der Waals surface area contributed by atoms with Gasteiger partial charge < -0.3 is 10.4 Å². The highest BCUT2D eigenvalue weighted by Gasteiger charge is 2.14. The lowest BCUT2D eigenvalue weighted by Gasteiger charge is -2.15. The molecule has 5 rings (SSSR count). The summed E-state index contributed by atoms with van der Waals surface area (Å²) in [6.45, 7) is 0.439. The fourth-order valence-corrected chi connectivity index (χ4v) is 3.63. The van der Waals surface area contributed by atoms with Gasteiger partial charge in [0.25, 0.3) is 0 Å². The van der Waals surface area contributed by atoms with Crippen LogP contribution in [0.1, 0.15) is 5.56 Å². The van der Waals surface area contributed by atoms with E-state index < -0.39 is 0 Å². The first-order chi connectivity index (χ1) is 15.3. The zero-order chi connectivity index (χ0) is 21.0. The van der Waals surface area contributed by atoms with Crippen molar-refractivity contribution in [1.29, 1.82) is 0 Å². The first kappa shape index (κ1) is 18.8. The van der Waals surface area contributed by atoms with Crippen LogP contribution in [0.2, 0.25) is 0 Å². The van der Waals surface area contributed by atoms with E-state index in [0.29, 0.717) is 18.2 Å². The van der Waals surface area contributed by atoms with Gasteiger partial charge in [0.1, 0.15) is 11.6 Å². The zero-order valence-electron chi connectivity index (χ0n) is 16.7. The molecule has 0 aliphatic carbocycles. The van der Waals surface area contributed by atoms with E-state index in [1.807, 2.05) is 60.7 Å². The molecule has 5 heteroatoms. The molecule has 0 saturated heterocycles. The Labute approximate surface area is 180 Å². The Hall–Kier alpha value is -4.25. The number of hydrogen-bond donors (Lipinski definition) is 2. The molecule has 0 atom stereocenters. The molecule has 2 heterocycles. The van der Waals surface area contributed by atoms with Crippen LogP contribution in [-0.2, 0) is 6.54 Å². The average Bonchev–Trinajstić information content (AvgIpc) is 2.84. The van der Waals surface area contributed by atoms with Gasteiger partial charge in [0, 0.05) is 30.1 Å². The maximum absolute atomic E-state index is 10.2. The Balaban J connectivity index is 1.68. The average molecular weight is 404 g/mol. The number of phenols is 1. The normalized spacial score (nSPS) is 10.8. The van der Waals surface area contributed by atoms with Crippen molar-refractivity contribution in [3.05, 3.63) is 103 Å². The Morgan fingerprint density at radius 3 is 2.35 bits per heavy atom. The van der Waals surface area contributed by atoms with E-state index >= 15 is 0 Å². The first-order valence-corrected chi connectivity index (χ1v) is 10.1. The van der Waals surface area contributed by atoms with Crippen molar-refractivity contribution >= 4 is 16.7 Å². The van der Waals surface area contributed by atoms with E-state index in [-0.39, 0.29) is 5.75 Å². The molecule has 0 bridgehead atoms. The van der Waals surface area contributed by atoms with Crippen molar-refractivity contribution in [2.24, 2.45) is 0 Å². The second-order valence-corrected chi connectivity index (χ2v) is 7.19. The summed E-state index contributed by atoms with van der Waals surface area (Å²) in [6.07, 6.45) is 3.49.